The molecule has 0 amide bonds. The first-order chi connectivity index (χ1) is 6.29. The molecular formula is C10H12N2O. The van der Waals surface area contributed by atoms with E-state index in [2.05, 4.69) is 5.10 Å². The van der Waals surface area contributed by atoms with Crippen LogP contribution in [0.1, 0.15) is 6.92 Å². The Labute approximate surface area is 76.9 Å². The monoisotopic (exact) mass is 176 g/mol. The molecule has 0 aliphatic rings. The first kappa shape index (κ1) is 8.10. The van der Waals surface area contributed by atoms with Crippen molar-refractivity contribution in [3.8, 4) is 5.75 Å². The zero-order valence-electron chi connectivity index (χ0n) is 7.82. The Morgan fingerprint density at radius 1 is 1.46 bits per heavy atom. The molecule has 3 nitrogen and oxygen atoms in total. The highest BCUT2D eigenvalue weighted by Crippen LogP contribution is 2.18. The van der Waals surface area contributed by atoms with Crippen molar-refractivity contribution < 1.29 is 4.74 Å². The van der Waals surface area contributed by atoms with E-state index in [9.17, 15) is 0 Å². The van der Waals surface area contributed by atoms with Crippen molar-refractivity contribution in [1.29, 1.82) is 0 Å². The molecule has 2 rings (SSSR count). The van der Waals surface area contributed by atoms with Crippen LogP contribution in [0, 0.1) is 0 Å². The van der Waals surface area contributed by atoms with Gasteiger partial charge in [-0.1, -0.05) is 0 Å². The molecule has 0 unspecified atom stereocenters. The Bertz CT molecular complexity index is 420. The van der Waals surface area contributed by atoms with E-state index < -0.39 is 0 Å². The summed E-state index contributed by atoms with van der Waals surface area (Å²) in [7, 11) is 1.92. The van der Waals surface area contributed by atoms with Crippen molar-refractivity contribution in [2.24, 2.45) is 7.05 Å². The molecule has 0 N–H and O–H groups in total. The average Bonchev–Trinajstić information content (AvgIpc) is 2.44. The molecule has 68 valence electrons. The second-order valence-corrected chi connectivity index (χ2v) is 2.96. The average molecular weight is 176 g/mol. The zero-order chi connectivity index (χ0) is 9.26. The zero-order valence-corrected chi connectivity index (χ0v) is 7.82. The van der Waals surface area contributed by atoms with Gasteiger partial charge in [0.25, 0.3) is 0 Å². The summed E-state index contributed by atoms with van der Waals surface area (Å²) in [4.78, 5) is 0. The number of aromatic nitrogens is 2. The standard InChI is InChI=1S/C10H12N2O/c1-3-13-9-5-4-8-7-12(2)11-10(8)6-9/h4-7H,3H2,1-2H3. The van der Waals surface area contributed by atoms with Crippen LogP contribution in [0.5, 0.6) is 5.75 Å². The van der Waals surface area contributed by atoms with Crippen molar-refractivity contribution in [3.63, 3.8) is 0 Å². The largest absolute Gasteiger partial charge is 0.494 e. The van der Waals surface area contributed by atoms with Gasteiger partial charge >= 0.3 is 0 Å². The molecule has 1 heterocycles. The maximum Gasteiger partial charge on any atom is 0.121 e. The van der Waals surface area contributed by atoms with Crippen molar-refractivity contribution in [2.75, 3.05) is 6.61 Å². The van der Waals surface area contributed by atoms with Crippen LogP contribution in [-0.4, -0.2) is 16.4 Å². The second kappa shape index (κ2) is 3.09. The molecule has 0 aliphatic heterocycles. The molecule has 0 fully saturated rings. The molecule has 0 spiro atoms. The maximum atomic E-state index is 5.37. The molecule has 13 heavy (non-hydrogen) atoms. The molecule has 0 atom stereocenters. The molecule has 0 aliphatic carbocycles. The summed E-state index contributed by atoms with van der Waals surface area (Å²) < 4.78 is 7.18. The number of rotatable bonds is 2. The van der Waals surface area contributed by atoms with Crippen LogP contribution in [0.25, 0.3) is 10.9 Å². The highest BCUT2D eigenvalue weighted by atomic mass is 16.5. The summed E-state index contributed by atoms with van der Waals surface area (Å²) in [5.41, 5.74) is 0.980. The van der Waals surface area contributed by atoms with Gasteiger partial charge in [-0.3, -0.25) is 4.68 Å². The summed E-state index contributed by atoms with van der Waals surface area (Å²) in [6, 6.07) is 5.94. The van der Waals surface area contributed by atoms with Gasteiger partial charge in [0, 0.05) is 24.7 Å². The highest BCUT2D eigenvalue weighted by Gasteiger charge is 1.99. The summed E-state index contributed by atoms with van der Waals surface area (Å²) in [6.07, 6.45) is 1.99. The van der Waals surface area contributed by atoms with Gasteiger partial charge in [0.05, 0.1) is 12.1 Å². The fraction of sp³-hybridized carbons (Fsp3) is 0.300. The Morgan fingerprint density at radius 2 is 2.31 bits per heavy atom. The number of aryl methyl sites for hydroxylation is 1. The predicted octanol–water partition coefficient (Wildman–Crippen LogP) is 1.97. The fourth-order valence-electron chi connectivity index (χ4n) is 1.38. The van der Waals surface area contributed by atoms with E-state index >= 15 is 0 Å². The molecule has 0 saturated carbocycles. The van der Waals surface area contributed by atoms with Gasteiger partial charge < -0.3 is 4.74 Å². The quantitative estimate of drug-likeness (QED) is 0.699. The Balaban J connectivity index is 2.48. The third-order valence-corrected chi connectivity index (χ3v) is 1.90. The van der Waals surface area contributed by atoms with Crippen molar-refractivity contribution in [2.45, 2.75) is 6.92 Å². The summed E-state index contributed by atoms with van der Waals surface area (Å²) in [6.45, 7) is 2.67. The molecular weight excluding hydrogens is 164 g/mol. The van der Waals surface area contributed by atoms with Crippen LogP contribution in [0.2, 0.25) is 0 Å². The van der Waals surface area contributed by atoms with Crippen molar-refractivity contribution in [3.05, 3.63) is 24.4 Å². The minimum absolute atomic E-state index is 0.693. The van der Waals surface area contributed by atoms with Crippen LogP contribution >= 0.6 is 0 Å². The topological polar surface area (TPSA) is 27.1 Å². The van der Waals surface area contributed by atoms with E-state index in [0.717, 1.165) is 16.7 Å². The lowest BCUT2D eigenvalue weighted by Gasteiger charge is -2.00. The van der Waals surface area contributed by atoms with Gasteiger partial charge in [-0.05, 0) is 19.1 Å². The van der Waals surface area contributed by atoms with E-state index in [0.29, 0.717) is 6.61 Å². The molecule has 0 radical (unpaired) electrons. The lowest BCUT2D eigenvalue weighted by molar-refractivity contribution is 0.340. The number of fused-ring (bicyclic) bond motifs is 1. The van der Waals surface area contributed by atoms with Crippen LogP contribution in [-0.2, 0) is 7.05 Å². The third-order valence-electron chi connectivity index (χ3n) is 1.90. The molecule has 3 heteroatoms. The minimum Gasteiger partial charge on any atom is -0.494 e. The van der Waals surface area contributed by atoms with E-state index in [-0.39, 0.29) is 0 Å². The van der Waals surface area contributed by atoms with Gasteiger partial charge in [-0.25, -0.2) is 0 Å². The van der Waals surface area contributed by atoms with Crippen LogP contribution in [0.4, 0.5) is 0 Å². The number of hydrogen-bond acceptors (Lipinski definition) is 2. The van der Waals surface area contributed by atoms with Gasteiger partial charge in [0.15, 0.2) is 0 Å². The van der Waals surface area contributed by atoms with E-state index in [1.54, 1.807) is 4.68 Å². The molecule has 0 bridgehead atoms. The number of benzene rings is 1. The third kappa shape index (κ3) is 1.49. The van der Waals surface area contributed by atoms with Gasteiger partial charge in [-0.15, -0.1) is 0 Å². The highest BCUT2D eigenvalue weighted by molar-refractivity contribution is 5.79. The normalized spacial score (nSPS) is 10.6. The maximum absolute atomic E-state index is 5.37. The minimum atomic E-state index is 0.693. The van der Waals surface area contributed by atoms with Crippen molar-refractivity contribution in [1.82, 2.24) is 9.78 Å². The molecule has 2 aromatic rings. The predicted molar refractivity (Wildman–Crippen MR) is 51.9 cm³/mol. The summed E-state index contributed by atoms with van der Waals surface area (Å²) in [5.74, 6) is 0.883. The second-order valence-electron chi connectivity index (χ2n) is 2.96. The van der Waals surface area contributed by atoms with E-state index in [4.69, 9.17) is 4.74 Å². The van der Waals surface area contributed by atoms with Crippen molar-refractivity contribution >= 4 is 10.9 Å². The lowest BCUT2D eigenvalue weighted by Crippen LogP contribution is -1.90. The Kier molecular flexibility index (Phi) is 1.93. The number of ether oxygens (including phenoxy) is 1. The van der Waals surface area contributed by atoms with Crippen LogP contribution < -0.4 is 4.74 Å². The van der Waals surface area contributed by atoms with E-state index in [1.165, 1.54) is 0 Å². The lowest BCUT2D eigenvalue weighted by atomic mass is 10.2. The molecule has 1 aromatic carbocycles. The van der Waals surface area contributed by atoms with E-state index in [1.807, 2.05) is 38.4 Å². The fourth-order valence-corrected chi connectivity index (χ4v) is 1.38. The number of hydrogen-bond donors (Lipinski definition) is 0. The molecule has 1 aromatic heterocycles. The first-order valence-electron chi connectivity index (χ1n) is 4.36. The van der Waals surface area contributed by atoms with Crippen LogP contribution in [0.3, 0.4) is 0 Å². The van der Waals surface area contributed by atoms with Gasteiger partial charge in [-0.2, -0.15) is 5.10 Å². The van der Waals surface area contributed by atoms with Gasteiger partial charge in [0.1, 0.15) is 5.75 Å². The SMILES string of the molecule is CCOc1ccc2cn(C)nc2c1. The van der Waals surface area contributed by atoms with Crippen LogP contribution in [0.15, 0.2) is 24.4 Å². The summed E-state index contributed by atoms with van der Waals surface area (Å²) in [5, 5.41) is 5.44. The Morgan fingerprint density at radius 3 is 3.08 bits per heavy atom. The summed E-state index contributed by atoms with van der Waals surface area (Å²) >= 11 is 0. The number of nitrogens with zero attached hydrogens (tertiary/aromatic N) is 2. The Hall–Kier alpha value is -1.51. The first-order valence-corrected chi connectivity index (χ1v) is 4.36. The van der Waals surface area contributed by atoms with Gasteiger partial charge in [0.2, 0.25) is 0 Å². The smallest absolute Gasteiger partial charge is 0.121 e. The molecule has 0 saturated heterocycles.